The Bertz CT molecular complexity index is 826. The summed E-state index contributed by atoms with van der Waals surface area (Å²) in [7, 11) is -1.23. The van der Waals surface area contributed by atoms with Gasteiger partial charge in [-0.15, -0.1) is 0 Å². The standard InChI is InChI=1S/C17H22N2O6S/c1-24-16(20)11-14(17(21)25-2)18-13-10-12(19-8-4-5-9-19)6-7-15(13)26(3,22)23/h6-7,10-11,18H,4-5,8-9H2,1-3H3/b14-11+. The van der Waals surface area contributed by atoms with E-state index < -0.39 is 21.8 Å². The normalized spacial score (nSPS) is 14.9. The number of hydrogen-bond donors (Lipinski definition) is 1. The molecule has 26 heavy (non-hydrogen) atoms. The zero-order valence-corrected chi connectivity index (χ0v) is 15.8. The van der Waals surface area contributed by atoms with Gasteiger partial charge in [0, 0.05) is 25.0 Å². The third-order valence-electron chi connectivity index (χ3n) is 3.97. The Morgan fingerprint density at radius 3 is 2.35 bits per heavy atom. The molecule has 0 bridgehead atoms. The number of anilines is 2. The first-order chi connectivity index (χ1) is 12.3. The molecule has 1 saturated heterocycles. The highest BCUT2D eigenvalue weighted by molar-refractivity contribution is 7.90. The van der Waals surface area contributed by atoms with E-state index in [1.807, 2.05) is 0 Å². The van der Waals surface area contributed by atoms with Crippen LogP contribution in [0.25, 0.3) is 0 Å². The van der Waals surface area contributed by atoms with Gasteiger partial charge in [0.1, 0.15) is 5.70 Å². The van der Waals surface area contributed by atoms with Gasteiger partial charge in [-0.05, 0) is 31.0 Å². The van der Waals surface area contributed by atoms with E-state index in [0.29, 0.717) is 0 Å². The molecule has 1 fully saturated rings. The van der Waals surface area contributed by atoms with Crippen molar-refractivity contribution < 1.29 is 27.5 Å². The predicted molar refractivity (Wildman–Crippen MR) is 96.7 cm³/mol. The van der Waals surface area contributed by atoms with Crippen LogP contribution in [0.1, 0.15) is 12.8 Å². The number of hydrogen-bond acceptors (Lipinski definition) is 8. The van der Waals surface area contributed by atoms with E-state index >= 15 is 0 Å². The average molecular weight is 382 g/mol. The van der Waals surface area contributed by atoms with E-state index in [2.05, 4.69) is 19.7 Å². The third-order valence-corrected chi connectivity index (χ3v) is 5.13. The molecule has 1 aromatic carbocycles. The van der Waals surface area contributed by atoms with Crippen molar-refractivity contribution in [1.82, 2.24) is 0 Å². The Hall–Kier alpha value is -2.55. The molecule has 8 nitrogen and oxygen atoms in total. The van der Waals surface area contributed by atoms with Crippen LogP contribution < -0.4 is 10.2 Å². The number of benzene rings is 1. The van der Waals surface area contributed by atoms with Gasteiger partial charge in [-0.3, -0.25) is 0 Å². The molecular weight excluding hydrogens is 360 g/mol. The maximum atomic E-state index is 12.1. The summed E-state index contributed by atoms with van der Waals surface area (Å²) in [5.41, 5.74) is 0.806. The van der Waals surface area contributed by atoms with E-state index in [1.54, 1.807) is 12.1 Å². The third kappa shape index (κ3) is 4.75. The second kappa shape index (κ2) is 8.22. The largest absolute Gasteiger partial charge is 0.466 e. The first-order valence-corrected chi connectivity index (χ1v) is 9.89. The van der Waals surface area contributed by atoms with Crippen LogP contribution in [-0.2, 0) is 28.9 Å². The van der Waals surface area contributed by atoms with Crippen molar-refractivity contribution in [3.8, 4) is 0 Å². The van der Waals surface area contributed by atoms with Crippen molar-refractivity contribution >= 4 is 33.2 Å². The number of rotatable bonds is 6. The molecule has 1 aliphatic heterocycles. The number of esters is 2. The Labute approximate surface area is 152 Å². The molecule has 0 radical (unpaired) electrons. The van der Waals surface area contributed by atoms with Gasteiger partial charge in [-0.2, -0.15) is 0 Å². The molecule has 0 aromatic heterocycles. The van der Waals surface area contributed by atoms with Crippen LogP contribution in [0, 0.1) is 0 Å². The molecule has 9 heteroatoms. The van der Waals surface area contributed by atoms with Gasteiger partial charge in [-0.25, -0.2) is 18.0 Å². The van der Waals surface area contributed by atoms with Gasteiger partial charge in [0.05, 0.1) is 30.9 Å². The Morgan fingerprint density at radius 1 is 1.15 bits per heavy atom. The van der Waals surface area contributed by atoms with Crippen LogP contribution in [-0.4, -0.2) is 53.9 Å². The number of methoxy groups -OCH3 is 2. The highest BCUT2D eigenvalue weighted by Crippen LogP contribution is 2.30. The van der Waals surface area contributed by atoms with Gasteiger partial charge in [-0.1, -0.05) is 0 Å². The maximum Gasteiger partial charge on any atom is 0.354 e. The average Bonchev–Trinajstić information content (AvgIpc) is 3.13. The van der Waals surface area contributed by atoms with Gasteiger partial charge in [0.15, 0.2) is 9.84 Å². The summed E-state index contributed by atoms with van der Waals surface area (Å²) in [5.74, 6) is -1.59. The molecule has 1 N–H and O–H groups in total. The lowest BCUT2D eigenvalue weighted by molar-refractivity contribution is -0.138. The minimum Gasteiger partial charge on any atom is -0.466 e. The molecule has 0 amide bonds. The van der Waals surface area contributed by atoms with Gasteiger partial charge < -0.3 is 19.7 Å². The van der Waals surface area contributed by atoms with Crippen molar-refractivity contribution in [2.45, 2.75) is 17.7 Å². The highest BCUT2D eigenvalue weighted by Gasteiger charge is 2.21. The second-order valence-electron chi connectivity index (χ2n) is 5.84. The minimum absolute atomic E-state index is 0.0140. The van der Waals surface area contributed by atoms with Crippen molar-refractivity contribution in [2.75, 3.05) is 43.8 Å². The van der Waals surface area contributed by atoms with Crippen molar-refractivity contribution in [3.05, 3.63) is 30.0 Å². The summed E-state index contributed by atoms with van der Waals surface area (Å²) in [6, 6.07) is 4.86. The van der Waals surface area contributed by atoms with Gasteiger partial charge >= 0.3 is 11.9 Å². The molecule has 1 aromatic rings. The molecule has 0 spiro atoms. The van der Waals surface area contributed by atoms with Crippen molar-refractivity contribution in [2.24, 2.45) is 0 Å². The van der Waals surface area contributed by atoms with Crippen molar-refractivity contribution in [1.29, 1.82) is 0 Å². The monoisotopic (exact) mass is 382 g/mol. The summed E-state index contributed by atoms with van der Waals surface area (Å²) in [6.07, 6.45) is 4.11. The molecule has 2 rings (SSSR count). The molecule has 1 heterocycles. The molecule has 0 unspecified atom stereocenters. The predicted octanol–water partition coefficient (Wildman–Crippen LogP) is 1.33. The van der Waals surface area contributed by atoms with Crippen LogP contribution in [0.15, 0.2) is 34.9 Å². The summed E-state index contributed by atoms with van der Waals surface area (Å²) < 4.78 is 33.4. The summed E-state index contributed by atoms with van der Waals surface area (Å²) in [5, 5.41) is 2.71. The molecular formula is C17H22N2O6S. The van der Waals surface area contributed by atoms with E-state index in [-0.39, 0.29) is 16.3 Å². The van der Waals surface area contributed by atoms with Crippen LogP contribution >= 0.6 is 0 Å². The highest BCUT2D eigenvalue weighted by atomic mass is 32.2. The fourth-order valence-corrected chi connectivity index (χ4v) is 3.51. The quantitative estimate of drug-likeness (QED) is 0.581. The number of carbonyl (C=O) groups is 2. The summed E-state index contributed by atoms with van der Waals surface area (Å²) in [6.45, 7) is 1.75. The fourth-order valence-electron chi connectivity index (χ4n) is 2.69. The smallest absolute Gasteiger partial charge is 0.354 e. The number of ether oxygens (including phenoxy) is 2. The lowest BCUT2D eigenvalue weighted by atomic mass is 10.2. The van der Waals surface area contributed by atoms with E-state index in [1.165, 1.54) is 13.2 Å². The van der Waals surface area contributed by atoms with Crippen LogP contribution in [0.5, 0.6) is 0 Å². The molecule has 0 saturated carbocycles. The second-order valence-corrected chi connectivity index (χ2v) is 7.83. The number of nitrogens with zero attached hydrogens (tertiary/aromatic N) is 1. The Morgan fingerprint density at radius 2 is 1.81 bits per heavy atom. The SMILES string of the molecule is COC(=O)/C=C(/Nc1cc(N2CCCC2)ccc1S(C)(=O)=O)C(=O)OC. The van der Waals surface area contributed by atoms with E-state index in [4.69, 9.17) is 0 Å². The Balaban J connectivity index is 2.49. The van der Waals surface area contributed by atoms with Crippen molar-refractivity contribution in [3.63, 3.8) is 0 Å². The summed E-state index contributed by atoms with van der Waals surface area (Å²) in [4.78, 5) is 25.6. The molecule has 0 aliphatic carbocycles. The number of carbonyl (C=O) groups excluding carboxylic acids is 2. The van der Waals surface area contributed by atoms with Gasteiger partial charge in [0.25, 0.3) is 0 Å². The maximum absolute atomic E-state index is 12.1. The van der Waals surface area contributed by atoms with E-state index in [9.17, 15) is 18.0 Å². The number of nitrogens with one attached hydrogen (secondary N) is 1. The lowest BCUT2D eigenvalue weighted by Gasteiger charge is -2.20. The van der Waals surface area contributed by atoms with Crippen LogP contribution in [0.3, 0.4) is 0 Å². The first kappa shape index (κ1) is 19.8. The van der Waals surface area contributed by atoms with Crippen LogP contribution in [0.4, 0.5) is 11.4 Å². The van der Waals surface area contributed by atoms with Crippen LogP contribution in [0.2, 0.25) is 0 Å². The number of sulfone groups is 1. The zero-order valence-electron chi connectivity index (χ0n) is 14.9. The fraction of sp³-hybridized carbons (Fsp3) is 0.412. The summed E-state index contributed by atoms with van der Waals surface area (Å²) >= 11 is 0. The Kier molecular flexibility index (Phi) is 6.25. The molecule has 1 aliphatic rings. The molecule has 142 valence electrons. The topological polar surface area (TPSA) is 102 Å². The van der Waals surface area contributed by atoms with E-state index in [0.717, 1.165) is 51.1 Å². The van der Waals surface area contributed by atoms with Gasteiger partial charge in [0.2, 0.25) is 0 Å². The first-order valence-electron chi connectivity index (χ1n) is 8.00. The minimum atomic E-state index is -3.56. The molecule has 0 atom stereocenters. The lowest BCUT2D eigenvalue weighted by Crippen LogP contribution is -2.20. The zero-order chi connectivity index (χ0) is 19.3.